The highest BCUT2D eigenvalue weighted by atomic mass is 28.4. The molecule has 0 aliphatic carbocycles. The van der Waals surface area contributed by atoms with Gasteiger partial charge in [-0.25, -0.2) is 0 Å². The van der Waals surface area contributed by atoms with Gasteiger partial charge >= 0.3 is 0 Å². The van der Waals surface area contributed by atoms with Gasteiger partial charge in [0.1, 0.15) is 23.0 Å². The Hall–Kier alpha value is -3.92. The Balaban J connectivity index is 0.000000250. The summed E-state index contributed by atoms with van der Waals surface area (Å²) in [6, 6.07) is 21.0. The molecular formula is C56H84N2O6Si. The number of fused-ring (bicyclic) bond motifs is 2. The Labute approximate surface area is 394 Å². The van der Waals surface area contributed by atoms with Crippen LogP contribution in [0, 0.1) is 0 Å². The highest BCUT2D eigenvalue weighted by Crippen LogP contribution is 2.51. The van der Waals surface area contributed by atoms with E-state index in [4.69, 9.17) is 28.5 Å². The minimum absolute atomic E-state index is 0.0833. The molecule has 4 aromatic rings. The highest BCUT2D eigenvalue weighted by Gasteiger charge is 2.44. The second-order valence-corrected chi connectivity index (χ2v) is 25.5. The number of ether oxygens (including phenoxy) is 4. The molecule has 6 rings (SSSR count). The van der Waals surface area contributed by atoms with Crippen LogP contribution in [0.5, 0.6) is 23.0 Å². The number of benzene rings is 2. The standard InChI is InChI=1S/C31H49NO3Si.C25H35NO3/c1-30(2,3)36(6,7)35-21-14-12-10-8-9-11-13-17-28-27-19-18-26(33-5)22-29(27)34-24-31(28,4)25-16-15-20-32-23-25;1-25(20-11-10-15-26-18-20)19-29-24-17-21(28-2)13-14-22(24)23(25)12-8-6-4-3-5-7-9-16-27/h15-16,18-20,22-23,28H,8-14,17,21,24H2,1-7H3;10-11,13-15,17-18,23,27H,3-9,12,16,19H2,1-2H3/t28-,31+;23-,25-/m01/s1. The van der Waals surface area contributed by atoms with Crippen LogP contribution >= 0.6 is 0 Å². The summed E-state index contributed by atoms with van der Waals surface area (Å²) < 4.78 is 29.7. The average molecular weight is 909 g/mol. The number of nitrogens with zero attached hydrogens (tertiary/aromatic N) is 2. The molecule has 8 nitrogen and oxygen atoms in total. The fourth-order valence-corrected chi connectivity index (χ4v) is 10.7. The lowest BCUT2D eigenvalue weighted by atomic mass is 9.66. The van der Waals surface area contributed by atoms with Crippen LogP contribution in [-0.2, 0) is 15.3 Å². The third-order valence-corrected chi connectivity index (χ3v) is 19.5. The second-order valence-electron chi connectivity index (χ2n) is 20.7. The summed E-state index contributed by atoms with van der Waals surface area (Å²) in [4.78, 5) is 8.79. The Morgan fingerprint density at radius 2 is 1.03 bits per heavy atom. The maximum absolute atomic E-state index is 8.88. The van der Waals surface area contributed by atoms with Crippen molar-refractivity contribution in [3.8, 4) is 23.0 Å². The first-order valence-corrected chi connectivity index (χ1v) is 27.9. The molecule has 4 heterocycles. The first-order chi connectivity index (χ1) is 31.3. The number of hydrogen-bond donors (Lipinski definition) is 1. The van der Waals surface area contributed by atoms with E-state index in [1.807, 2.05) is 55.1 Å². The Morgan fingerprint density at radius 1 is 0.615 bits per heavy atom. The number of aromatic nitrogens is 2. The van der Waals surface area contributed by atoms with Gasteiger partial charge in [-0.05, 0) is 90.3 Å². The molecule has 9 heteroatoms. The number of rotatable bonds is 24. The third kappa shape index (κ3) is 14.3. The molecule has 2 aromatic heterocycles. The predicted octanol–water partition coefficient (Wildman–Crippen LogP) is 14.3. The number of pyridine rings is 2. The second kappa shape index (κ2) is 25.3. The molecule has 4 atom stereocenters. The largest absolute Gasteiger partial charge is 0.497 e. The summed E-state index contributed by atoms with van der Waals surface area (Å²) in [7, 11) is 1.81. The smallest absolute Gasteiger partial charge is 0.191 e. The lowest BCUT2D eigenvalue weighted by Crippen LogP contribution is -2.40. The molecule has 0 bridgehead atoms. The molecule has 0 fully saturated rings. The van der Waals surface area contributed by atoms with Crippen LogP contribution in [0.1, 0.15) is 171 Å². The molecule has 358 valence electrons. The third-order valence-electron chi connectivity index (χ3n) is 15.0. The van der Waals surface area contributed by atoms with Crippen molar-refractivity contribution < 1.29 is 28.5 Å². The van der Waals surface area contributed by atoms with E-state index in [1.54, 1.807) is 14.2 Å². The van der Waals surface area contributed by atoms with Crippen molar-refractivity contribution in [1.29, 1.82) is 0 Å². The molecule has 0 radical (unpaired) electrons. The van der Waals surface area contributed by atoms with Gasteiger partial charge < -0.3 is 28.5 Å². The fourth-order valence-electron chi connectivity index (χ4n) is 9.59. The van der Waals surface area contributed by atoms with Crippen LogP contribution in [0.2, 0.25) is 18.1 Å². The van der Waals surface area contributed by atoms with Crippen molar-refractivity contribution in [2.24, 2.45) is 0 Å². The van der Waals surface area contributed by atoms with Crippen molar-refractivity contribution in [3.63, 3.8) is 0 Å². The van der Waals surface area contributed by atoms with Crippen LogP contribution in [0.3, 0.4) is 0 Å². The Morgan fingerprint density at radius 3 is 1.42 bits per heavy atom. The van der Waals surface area contributed by atoms with Gasteiger partial charge in [-0.2, -0.15) is 0 Å². The van der Waals surface area contributed by atoms with Crippen molar-refractivity contribution in [1.82, 2.24) is 9.97 Å². The normalized spacial score (nSPS) is 20.3. The molecule has 65 heavy (non-hydrogen) atoms. The lowest BCUT2D eigenvalue weighted by molar-refractivity contribution is 0.161. The Kier molecular flexibility index (Phi) is 20.2. The summed E-state index contributed by atoms with van der Waals surface area (Å²) in [5, 5.41) is 9.19. The zero-order valence-corrected chi connectivity index (χ0v) is 42.8. The monoisotopic (exact) mass is 909 g/mol. The van der Waals surface area contributed by atoms with Crippen LogP contribution in [0.4, 0.5) is 0 Å². The first-order valence-electron chi connectivity index (χ1n) is 24.9. The molecule has 0 saturated carbocycles. The zero-order valence-electron chi connectivity index (χ0n) is 41.8. The first kappa shape index (κ1) is 52.1. The number of methoxy groups -OCH3 is 2. The number of hydrogen-bond acceptors (Lipinski definition) is 8. The van der Waals surface area contributed by atoms with Crippen LogP contribution in [0.25, 0.3) is 0 Å². The van der Waals surface area contributed by atoms with E-state index in [-0.39, 0.29) is 10.8 Å². The van der Waals surface area contributed by atoms with E-state index in [0.29, 0.717) is 36.7 Å². The predicted molar refractivity (Wildman–Crippen MR) is 270 cm³/mol. The van der Waals surface area contributed by atoms with Gasteiger partial charge in [-0.3, -0.25) is 9.97 Å². The molecule has 0 amide bonds. The van der Waals surface area contributed by atoms with Crippen molar-refractivity contribution in [2.75, 3.05) is 40.6 Å². The minimum atomic E-state index is -1.59. The molecule has 0 saturated heterocycles. The van der Waals surface area contributed by atoms with E-state index < -0.39 is 8.32 Å². The molecular weight excluding hydrogens is 825 g/mol. The van der Waals surface area contributed by atoms with Crippen LogP contribution in [0.15, 0.2) is 85.5 Å². The van der Waals surface area contributed by atoms with Crippen molar-refractivity contribution >= 4 is 8.32 Å². The molecule has 2 aromatic carbocycles. The van der Waals surface area contributed by atoms with E-state index in [1.165, 1.54) is 99.3 Å². The van der Waals surface area contributed by atoms with Gasteiger partial charge in [-0.15, -0.1) is 0 Å². The van der Waals surface area contributed by atoms with Gasteiger partial charge in [-0.1, -0.05) is 136 Å². The quantitative estimate of drug-likeness (QED) is 0.0549. The van der Waals surface area contributed by atoms with E-state index in [2.05, 4.69) is 88.0 Å². The average Bonchev–Trinajstić information content (AvgIpc) is 3.31. The molecule has 2 aliphatic heterocycles. The summed E-state index contributed by atoms with van der Waals surface area (Å²) in [5.41, 5.74) is 4.92. The van der Waals surface area contributed by atoms with E-state index in [0.717, 1.165) is 55.3 Å². The van der Waals surface area contributed by atoms with Gasteiger partial charge in [0.15, 0.2) is 8.32 Å². The van der Waals surface area contributed by atoms with Crippen LogP contribution < -0.4 is 18.9 Å². The fraction of sp³-hybridized carbons (Fsp3) is 0.607. The summed E-state index contributed by atoms with van der Waals surface area (Å²) in [6.45, 7) is 18.9. The van der Waals surface area contributed by atoms with Gasteiger partial charge in [0.25, 0.3) is 0 Å². The topological polar surface area (TPSA) is 92.2 Å². The summed E-state index contributed by atoms with van der Waals surface area (Å²) >= 11 is 0. The van der Waals surface area contributed by atoms with Crippen molar-refractivity contribution in [2.45, 2.75) is 178 Å². The summed E-state index contributed by atoms with van der Waals surface area (Å²) in [5.74, 6) is 4.43. The van der Waals surface area contributed by atoms with Crippen molar-refractivity contribution in [3.05, 3.63) is 108 Å². The Bertz CT molecular complexity index is 1970. The van der Waals surface area contributed by atoms with Gasteiger partial charge in [0, 0.05) is 72.8 Å². The minimum Gasteiger partial charge on any atom is -0.497 e. The molecule has 0 spiro atoms. The lowest BCUT2D eigenvalue weighted by Gasteiger charge is -2.43. The van der Waals surface area contributed by atoms with Gasteiger partial charge in [0.2, 0.25) is 0 Å². The highest BCUT2D eigenvalue weighted by molar-refractivity contribution is 6.74. The number of unbranched alkanes of at least 4 members (excludes halogenated alkanes) is 12. The molecule has 2 aliphatic rings. The maximum atomic E-state index is 8.88. The maximum Gasteiger partial charge on any atom is 0.191 e. The molecule has 1 N–H and O–H groups in total. The van der Waals surface area contributed by atoms with Crippen LogP contribution in [-0.4, -0.2) is 64.0 Å². The van der Waals surface area contributed by atoms with Gasteiger partial charge in [0.05, 0.1) is 27.4 Å². The van der Waals surface area contributed by atoms with E-state index in [9.17, 15) is 0 Å². The summed E-state index contributed by atoms with van der Waals surface area (Å²) in [6.07, 6.45) is 27.3. The zero-order chi connectivity index (χ0) is 46.8. The number of aliphatic hydroxyl groups excluding tert-OH is 1. The SMILES string of the molecule is COc1ccc2c(c1)OC[C@](C)(c1cccnc1)[C@@H]2CCCCCCCCCO.COc1ccc2c(c1)OC[C@](C)(c1cccnc1)[C@H]2CCCCCCCCCO[Si](C)(C)C(C)(C)C. The van der Waals surface area contributed by atoms with E-state index >= 15 is 0 Å². The molecule has 0 unspecified atom stereocenters. The number of aliphatic hydroxyl groups is 1.